The Hall–Kier alpha value is -1.12. The molecule has 0 saturated carbocycles. The molecule has 1 aliphatic rings. The summed E-state index contributed by atoms with van der Waals surface area (Å²) in [4.78, 5) is 18.6. The maximum Gasteiger partial charge on any atom is 0.410 e. The van der Waals surface area contributed by atoms with Crippen molar-refractivity contribution in [1.29, 1.82) is 0 Å². The van der Waals surface area contributed by atoms with Crippen molar-refractivity contribution in [3.63, 3.8) is 0 Å². The highest BCUT2D eigenvalue weighted by atomic mass is 127. The number of nitrogens with one attached hydrogen (secondary N) is 3. The molecule has 0 spiro atoms. The number of hydrogen-bond acceptors (Lipinski definition) is 6. The summed E-state index contributed by atoms with van der Waals surface area (Å²) < 4.78 is 32.5. The van der Waals surface area contributed by atoms with E-state index in [0.717, 1.165) is 4.88 Å². The Kier molecular flexibility index (Phi) is 9.63. The van der Waals surface area contributed by atoms with E-state index in [2.05, 4.69) is 20.3 Å². The number of likely N-dealkylation sites (tertiary alicyclic amines) is 1. The summed E-state index contributed by atoms with van der Waals surface area (Å²) in [6.45, 7) is 9.03. The van der Waals surface area contributed by atoms with E-state index in [1.807, 2.05) is 27.7 Å². The number of sulfonamides is 1. The molecule has 166 valence electrons. The van der Waals surface area contributed by atoms with Crippen LogP contribution in [0.25, 0.3) is 0 Å². The van der Waals surface area contributed by atoms with E-state index in [-0.39, 0.29) is 42.7 Å². The molecular formula is C17H30IN5O4S2. The van der Waals surface area contributed by atoms with Gasteiger partial charge < -0.3 is 20.3 Å². The standard InChI is InChI=1S/C17H29N5O4S2.HI/c1-12-6-7-14(27-12)28(24,25)20-9-8-19-15(18-5)21-13-10-22(11-13)16(23)26-17(2,3)4;/h6-7,13,20H,8-11H2,1-5H3,(H2,18,19,21);1H. The van der Waals surface area contributed by atoms with Crippen molar-refractivity contribution >= 4 is 57.4 Å². The van der Waals surface area contributed by atoms with Gasteiger partial charge in [-0.1, -0.05) is 0 Å². The van der Waals surface area contributed by atoms with Gasteiger partial charge in [0, 0.05) is 38.1 Å². The Morgan fingerprint density at radius 3 is 2.48 bits per heavy atom. The second-order valence-electron chi connectivity index (χ2n) is 7.49. The molecule has 12 heteroatoms. The lowest BCUT2D eigenvalue weighted by atomic mass is 10.1. The van der Waals surface area contributed by atoms with E-state index < -0.39 is 15.6 Å². The molecule has 3 N–H and O–H groups in total. The lowest BCUT2D eigenvalue weighted by molar-refractivity contribution is 0.00701. The van der Waals surface area contributed by atoms with E-state index in [4.69, 9.17) is 4.74 Å². The molecular weight excluding hydrogens is 529 g/mol. The first kappa shape index (κ1) is 25.9. The average molecular weight is 559 g/mol. The maximum absolute atomic E-state index is 12.2. The fraction of sp³-hybridized carbons (Fsp3) is 0.647. The Balaban J connectivity index is 0.00000420. The lowest BCUT2D eigenvalue weighted by Gasteiger charge is -2.40. The van der Waals surface area contributed by atoms with Gasteiger partial charge in [0.2, 0.25) is 10.0 Å². The molecule has 2 rings (SSSR count). The number of rotatable bonds is 6. The quantitative estimate of drug-likeness (QED) is 0.212. The van der Waals surface area contributed by atoms with E-state index >= 15 is 0 Å². The van der Waals surface area contributed by atoms with Crippen molar-refractivity contribution in [1.82, 2.24) is 20.3 Å². The molecule has 1 aliphatic heterocycles. The Morgan fingerprint density at radius 1 is 1.31 bits per heavy atom. The van der Waals surface area contributed by atoms with Crippen LogP contribution < -0.4 is 15.4 Å². The number of aryl methyl sites for hydroxylation is 1. The zero-order chi connectivity index (χ0) is 20.9. The van der Waals surface area contributed by atoms with E-state index in [0.29, 0.717) is 29.8 Å². The van der Waals surface area contributed by atoms with Gasteiger partial charge in [0.1, 0.15) is 9.81 Å². The third kappa shape index (κ3) is 8.26. The number of aliphatic imine (C=N–C) groups is 1. The summed E-state index contributed by atoms with van der Waals surface area (Å²) in [6, 6.07) is 3.45. The molecule has 0 bridgehead atoms. The molecule has 29 heavy (non-hydrogen) atoms. The summed E-state index contributed by atoms with van der Waals surface area (Å²) >= 11 is 1.24. The first-order valence-corrected chi connectivity index (χ1v) is 11.3. The van der Waals surface area contributed by atoms with Gasteiger partial charge in [-0.15, -0.1) is 35.3 Å². The second-order valence-corrected chi connectivity index (χ2v) is 10.8. The summed E-state index contributed by atoms with van der Waals surface area (Å²) in [5, 5.41) is 6.26. The van der Waals surface area contributed by atoms with Crippen molar-refractivity contribution in [3.8, 4) is 0 Å². The predicted octanol–water partition coefficient (Wildman–Crippen LogP) is 1.74. The van der Waals surface area contributed by atoms with Crippen molar-refractivity contribution in [2.45, 2.75) is 43.5 Å². The molecule has 1 fully saturated rings. The smallest absolute Gasteiger partial charge is 0.410 e. The number of amides is 1. The molecule has 1 saturated heterocycles. The topological polar surface area (TPSA) is 112 Å². The van der Waals surface area contributed by atoms with Crippen molar-refractivity contribution in [2.75, 3.05) is 33.2 Å². The lowest BCUT2D eigenvalue weighted by Crippen LogP contribution is -2.63. The number of nitrogens with zero attached hydrogens (tertiary/aromatic N) is 2. The minimum absolute atomic E-state index is 0. The minimum atomic E-state index is -3.48. The third-order valence-corrected chi connectivity index (χ3v) is 6.74. The van der Waals surface area contributed by atoms with E-state index in [1.54, 1.807) is 24.1 Å². The van der Waals surface area contributed by atoms with Crippen LogP contribution in [0.4, 0.5) is 4.79 Å². The van der Waals surface area contributed by atoms with Gasteiger partial charge in [0.05, 0.1) is 6.04 Å². The van der Waals surface area contributed by atoms with Crippen LogP contribution in [0.5, 0.6) is 0 Å². The van der Waals surface area contributed by atoms with Gasteiger partial charge in [-0.2, -0.15) is 0 Å². The molecule has 0 aliphatic carbocycles. The summed E-state index contributed by atoms with van der Waals surface area (Å²) in [5.74, 6) is 0.556. The molecule has 0 atom stereocenters. The van der Waals surface area contributed by atoms with Crippen molar-refractivity contribution < 1.29 is 17.9 Å². The first-order valence-electron chi connectivity index (χ1n) is 9.01. The molecule has 1 aromatic rings. The van der Waals surface area contributed by atoms with Gasteiger partial charge in [-0.25, -0.2) is 17.9 Å². The van der Waals surface area contributed by atoms with Crippen LogP contribution >= 0.6 is 35.3 Å². The van der Waals surface area contributed by atoms with Crippen LogP contribution in [0.3, 0.4) is 0 Å². The normalized spacial score (nSPS) is 15.3. The highest BCUT2D eigenvalue weighted by Crippen LogP contribution is 2.20. The largest absolute Gasteiger partial charge is 0.444 e. The number of halogens is 1. The average Bonchev–Trinajstić information content (AvgIpc) is 2.98. The zero-order valence-electron chi connectivity index (χ0n) is 17.3. The highest BCUT2D eigenvalue weighted by molar-refractivity contribution is 14.0. The number of ether oxygens (including phenoxy) is 1. The van der Waals surface area contributed by atoms with Crippen molar-refractivity contribution in [3.05, 3.63) is 17.0 Å². The Labute approximate surface area is 193 Å². The van der Waals surface area contributed by atoms with E-state index in [9.17, 15) is 13.2 Å². The van der Waals surface area contributed by atoms with Gasteiger partial charge in [0.15, 0.2) is 5.96 Å². The third-order valence-electron chi connectivity index (χ3n) is 3.79. The number of carbonyl (C=O) groups excluding carboxylic acids is 1. The monoisotopic (exact) mass is 559 g/mol. The van der Waals surface area contributed by atoms with Gasteiger partial charge in [0.25, 0.3) is 0 Å². The molecule has 1 aromatic heterocycles. The highest BCUT2D eigenvalue weighted by Gasteiger charge is 2.34. The van der Waals surface area contributed by atoms with Crippen LogP contribution in [-0.2, 0) is 14.8 Å². The Bertz CT molecular complexity index is 814. The minimum Gasteiger partial charge on any atom is -0.444 e. The van der Waals surface area contributed by atoms with Gasteiger partial charge in [-0.05, 0) is 39.8 Å². The second kappa shape index (κ2) is 10.8. The van der Waals surface area contributed by atoms with Crippen LogP contribution in [0.2, 0.25) is 0 Å². The maximum atomic E-state index is 12.2. The van der Waals surface area contributed by atoms with Gasteiger partial charge >= 0.3 is 6.09 Å². The molecule has 0 unspecified atom stereocenters. The molecule has 2 heterocycles. The summed E-state index contributed by atoms with van der Waals surface area (Å²) in [5.41, 5.74) is -0.512. The van der Waals surface area contributed by atoms with Crippen LogP contribution in [0, 0.1) is 6.92 Å². The number of hydrogen-bond donors (Lipinski definition) is 3. The molecule has 0 radical (unpaired) electrons. The van der Waals surface area contributed by atoms with Crippen LogP contribution in [0.1, 0.15) is 25.6 Å². The molecule has 9 nitrogen and oxygen atoms in total. The van der Waals surface area contributed by atoms with Gasteiger partial charge in [-0.3, -0.25) is 4.99 Å². The molecule has 1 amide bonds. The Morgan fingerprint density at radius 2 is 1.97 bits per heavy atom. The van der Waals surface area contributed by atoms with Crippen molar-refractivity contribution in [2.24, 2.45) is 4.99 Å². The number of thiophene rings is 1. The number of carbonyl (C=O) groups is 1. The number of guanidine groups is 1. The van der Waals surface area contributed by atoms with Crippen LogP contribution in [0.15, 0.2) is 21.3 Å². The predicted molar refractivity (Wildman–Crippen MR) is 126 cm³/mol. The SMILES string of the molecule is CN=C(NCCNS(=O)(=O)c1ccc(C)s1)NC1CN(C(=O)OC(C)(C)C)C1.I. The fourth-order valence-corrected chi connectivity index (χ4v) is 4.79. The molecule has 0 aromatic carbocycles. The van der Waals surface area contributed by atoms with E-state index in [1.165, 1.54) is 11.3 Å². The first-order chi connectivity index (χ1) is 13.0. The fourth-order valence-electron chi connectivity index (χ4n) is 2.43. The summed E-state index contributed by atoms with van der Waals surface area (Å²) in [7, 11) is -1.85. The zero-order valence-corrected chi connectivity index (χ0v) is 21.3. The van der Waals surface area contributed by atoms with Crippen LogP contribution in [-0.4, -0.2) is 70.2 Å². The summed E-state index contributed by atoms with van der Waals surface area (Å²) in [6.07, 6.45) is -0.327.